The van der Waals surface area contributed by atoms with Crippen molar-refractivity contribution in [2.45, 2.75) is 24.5 Å². The minimum atomic E-state index is -1.27. The van der Waals surface area contributed by atoms with E-state index in [9.17, 15) is 10.2 Å². The van der Waals surface area contributed by atoms with Gasteiger partial charge in [0.15, 0.2) is 23.2 Å². The van der Waals surface area contributed by atoms with Crippen LogP contribution in [-0.4, -0.2) is 59.8 Å². The highest BCUT2D eigenvalue weighted by molar-refractivity contribution is 5.83. The van der Waals surface area contributed by atoms with Crippen molar-refractivity contribution >= 4 is 22.9 Å². The number of nitrogens with zero attached hydrogens (tertiary/aromatic N) is 4. The fourth-order valence-electron chi connectivity index (χ4n) is 2.29. The normalized spacial score (nSPS) is 30.1. The van der Waals surface area contributed by atoms with Crippen molar-refractivity contribution < 1.29 is 20.1 Å². The molecule has 0 aromatic carbocycles. The maximum Gasteiger partial charge on any atom is 0.204 e. The van der Waals surface area contributed by atoms with Crippen molar-refractivity contribution in [3.63, 3.8) is 0 Å². The van der Waals surface area contributed by atoms with Gasteiger partial charge in [-0.15, -0.1) is 0 Å². The van der Waals surface area contributed by atoms with Crippen LogP contribution in [0.2, 0.25) is 0 Å². The first kappa shape index (κ1) is 13.0. The molecule has 0 bridgehead atoms. The summed E-state index contributed by atoms with van der Waals surface area (Å²) in [4.78, 5) is 11.8. The molecular formula is C10H14N6O4. The van der Waals surface area contributed by atoms with Crippen LogP contribution in [0, 0.1) is 0 Å². The zero-order valence-electron chi connectivity index (χ0n) is 10.3. The van der Waals surface area contributed by atoms with E-state index in [1.165, 1.54) is 10.9 Å². The van der Waals surface area contributed by atoms with Gasteiger partial charge in [0.1, 0.15) is 24.6 Å². The Hall–Kier alpha value is -2.01. The summed E-state index contributed by atoms with van der Waals surface area (Å²) in [5.41, 5.74) is 12.0. The molecule has 0 radical (unpaired) electrons. The third kappa shape index (κ3) is 1.70. The number of nitrogen functional groups attached to an aromatic ring is 2. The van der Waals surface area contributed by atoms with Crippen molar-refractivity contribution in [1.29, 1.82) is 0 Å². The first-order chi connectivity index (χ1) is 9.54. The van der Waals surface area contributed by atoms with E-state index in [0.717, 1.165) is 0 Å². The molecule has 3 rings (SSSR count). The fourth-order valence-corrected chi connectivity index (χ4v) is 2.29. The van der Waals surface area contributed by atoms with Gasteiger partial charge in [0.25, 0.3) is 0 Å². The van der Waals surface area contributed by atoms with Crippen LogP contribution in [0.1, 0.15) is 6.23 Å². The number of aliphatic hydroxyl groups is 3. The van der Waals surface area contributed by atoms with Crippen LogP contribution in [-0.2, 0) is 4.74 Å². The van der Waals surface area contributed by atoms with Crippen molar-refractivity contribution in [2.75, 3.05) is 18.1 Å². The molecule has 10 heteroatoms. The number of ether oxygens (including phenoxy) is 1. The van der Waals surface area contributed by atoms with Crippen LogP contribution in [0.3, 0.4) is 0 Å². The third-order valence-electron chi connectivity index (χ3n) is 3.30. The molecule has 2 aromatic rings. The zero-order valence-corrected chi connectivity index (χ0v) is 10.3. The lowest BCUT2D eigenvalue weighted by molar-refractivity contribution is -0.0500. The number of anilines is 2. The molecule has 10 nitrogen and oxygen atoms in total. The average molecular weight is 282 g/mol. The molecule has 1 aliphatic heterocycles. The Balaban J connectivity index is 2.11. The van der Waals surface area contributed by atoms with Crippen LogP contribution in [0.15, 0.2) is 6.33 Å². The number of nitrogens with two attached hydrogens (primary N) is 2. The first-order valence-corrected chi connectivity index (χ1v) is 5.91. The molecule has 0 amide bonds. The Kier molecular flexibility index (Phi) is 2.94. The van der Waals surface area contributed by atoms with E-state index in [4.69, 9.17) is 21.3 Å². The summed E-state index contributed by atoms with van der Waals surface area (Å²) in [7, 11) is 0. The predicted molar refractivity (Wildman–Crippen MR) is 67.2 cm³/mol. The fraction of sp³-hybridized carbons (Fsp3) is 0.500. The van der Waals surface area contributed by atoms with Gasteiger partial charge in [-0.1, -0.05) is 0 Å². The molecule has 0 aliphatic carbocycles. The summed E-state index contributed by atoms with van der Waals surface area (Å²) in [5, 5.41) is 28.9. The number of fused-ring (bicyclic) bond motifs is 1. The molecular weight excluding hydrogens is 268 g/mol. The minimum Gasteiger partial charge on any atom is -0.394 e. The van der Waals surface area contributed by atoms with Gasteiger partial charge in [-0.05, 0) is 0 Å². The molecule has 0 unspecified atom stereocenters. The number of hydrogen-bond acceptors (Lipinski definition) is 9. The van der Waals surface area contributed by atoms with E-state index < -0.39 is 31.1 Å². The highest BCUT2D eigenvalue weighted by Crippen LogP contribution is 2.33. The summed E-state index contributed by atoms with van der Waals surface area (Å²) in [6, 6.07) is 0. The number of rotatable bonds is 2. The standard InChI is InChI=1S/C10H14N6O4/c11-7-4-8(14-2-13-7)16(10(12)15-4)9-6(19)5(18)3(1-17)20-9/h2-3,5-6,9,17-19H,1H2,(H2,12,15)(H2,11,13,14)/t3-,5+,6+,9+/m0/s1. The van der Waals surface area contributed by atoms with Crippen molar-refractivity contribution in [3.05, 3.63) is 6.33 Å². The number of aromatic nitrogens is 4. The van der Waals surface area contributed by atoms with Crippen LogP contribution >= 0.6 is 0 Å². The van der Waals surface area contributed by atoms with Gasteiger partial charge in [-0.2, -0.15) is 0 Å². The lowest BCUT2D eigenvalue weighted by atomic mass is 10.1. The zero-order chi connectivity index (χ0) is 14.4. The summed E-state index contributed by atoms with van der Waals surface area (Å²) >= 11 is 0. The van der Waals surface area contributed by atoms with E-state index in [-0.39, 0.29) is 22.9 Å². The van der Waals surface area contributed by atoms with E-state index in [0.29, 0.717) is 0 Å². The van der Waals surface area contributed by atoms with Gasteiger partial charge < -0.3 is 31.5 Å². The van der Waals surface area contributed by atoms with E-state index in [1.807, 2.05) is 0 Å². The van der Waals surface area contributed by atoms with Gasteiger partial charge in [-0.25, -0.2) is 15.0 Å². The van der Waals surface area contributed by atoms with Crippen LogP contribution in [0.4, 0.5) is 11.8 Å². The topological polar surface area (TPSA) is 166 Å². The van der Waals surface area contributed by atoms with Gasteiger partial charge >= 0.3 is 0 Å². The summed E-state index contributed by atoms with van der Waals surface area (Å²) in [5.74, 6) is 0.161. The first-order valence-electron chi connectivity index (χ1n) is 5.91. The van der Waals surface area contributed by atoms with Gasteiger partial charge in [0, 0.05) is 0 Å². The van der Waals surface area contributed by atoms with Crippen molar-refractivity contribution in [3.8, 4) is 0 Å². The van der Waals surface area contributed by atoms with Crippen LogP contribution in [0.25, 0.3) is 11.2 Å². The average Bonchev–Trinajstić information content (AvgIpc) is 2.90. The SMILES string of the molecule is Nc1ncnc2c1nc(N)n2[C@@H]1O[C@@H](CO)[C@@H](O)[C@H]1O. The van der Waals surface area contributed by atoms with E-state index in [2.05, 4.69) is 15.0 Å². The maximum absolute atomic E-state index is 10.0. The van der Waals surface area contributed by atoms with Gasteiger partial charge in [-0.3, -0.25) is 4.57 Å². The van der Waals surface area contributed by atoms with Crippen LogP contribution < -0.4 is 11.5 Å². The third-order valence-corrected chi connectivity index (χ3v) is 3.30. The molecule has 2 aromatic heterocycles. The molecule has 1 saturated heterocycles. The van der Waals surface area contributed by atoms with Crippen LogP contribution in [0.5, 0.6) is 0 Å². The Morgan fingerprint density at radius 1 is 1.25 bits per heavy atom. The predicted octanol–water partition coefficient (Wildman–Crippen LogP) is -2.40. The largest absolute Gasteiger partial charge is 0.394 e. The highest BCUT2D eigenvalue weighted by Gasteiger charge is 2.44. The molecule has 1 aliphatic rings. The number of aliphatic hydroxyl groups excluding tert-OH is 3. The number of hydrogen-bond donors (Lipinski definition) is 5. The van der Waals surface area contributed by atoms with E-state index in [1.54, 1.807) is 0 Å². The molecule has 108 valence electrons. The van der Waals surface area contributed by atoms with E-state index >= 15 is 0 Å². The Labute approximate surface area is 112 Å². The Bertz CT molecular complexity index is 646. The molecule has 7 N–H and O–H groups in total. The van der Waals surface area contributed by atoms with Gasteiger partial charge in [0.05, 0.1) is 6.61 Å². The molecule has 3 heterocycles. The van der Waals surface area contributed by atoms with Crippen molar-refractivity contribution in [2.24, 2.45) is 0 Å². The molecule has 1 fully saturated rings. The minimum absolute atomic E-state index is 0.0158. The quantitative estimate of drug-likeness (QED) is 0.403. The Morgan fingerprint density at radius 2 is 2.00 bits per heavy atom. The molecule has 20 heavy (non-hydrogen) atoms. The monoisotopic (exact) mass is 282 g/mol. The highest BCUT2D eigenvalue weighted by atomic mass is 16.6. The summed E-state index contributed by atoms with van der Waals surface area (Å²) < 4.78 is 6.72. The van der Waals surface area contributed by atoms with Crippen molar-refractivity contribution in [1.82, 2.24) is 19.5 Å². The summed E-state index contributed by atoms with van der Waals surface area (Å²) in [6.07, 6.45) is -3.20. The number of imidazole rings is 1. The second-order valence-electron chi connectivity index (χ2n) is 4.50. The second kappa shape index (κ2) is 4.52. The smallest absolute Gasteiger partial charge is 0.204 e. The molecule has 0 spiro atoms. The second-order valence-corrected chi connectivity index (χ2v) is 4.50. The molecule has 0 saturated carbocycles. The molecule has 4 atom stereocenters. The van der Waals surface area contributed by atoms with Gasteiger partial charge in [0.2, 0.25) is 5.95 Å². The lowest BCUT2D eigenvalue weighted by Gasteiger charge is -2.17. The Morgan fingerprint density at radius 3 is 2.65 bits per heavy atom. The lowest BCUT2D eigenvalue weighted by Crippen LogP contribution is -2.33. The summed E-state index contributed by atoms with van der Waals surface area (Å²) in [6.45, 7) is -0.432. The maximum atomic E-state index is 10.0.